The molecule has 0 spiro atoms. The van der Waals surface area contributed by atoms with Crippen LogP contribution in [0.25, 0.3) is 10.9 Å². The Morgan fingerprint density at radius 3 is 2.83 bits per heavy atom. The first-order valence-electron chi connectivity index (χ1n) is 8.44. The highest BCUT2D eigenvalue weighted by Gasteiger charge is 2.35. The minimum absolute atomic E-state index is 0.118. The number of amides is 2. The largest absolute Gasteiger partial charge is 0.347 e. The number of urea groups is 1. The van der Waals surface area contributed by atoms with E-state index in [1.807, 2.05) is 26.0 Å². The summed E-state index contributed by atoms with van der Waals surface area (Å²) in [5, 5.41) is 4.10. The Morgan fingerprint density at radius 2 is 2.12 bits per heavy atom. The molecule has 1 aromatic heterocycles. The first-order chi connectivity index (χ1) is 11.4. The molecule has 0 unspecified atom stereocenters. The van der Waals surface area contributed by atoms with E-state index in [2.05, 4.69) is 35.1 Å². The fourth-order valence-corrected chi connectivity index (χ4v) is 4.41. The summed E-state index contributed by atoms with van der Waals surface area (Å²) in [5.41, 5.74) is 1.98. The summed E-state index contributed by atoms with van der Waals surface area (Å²) in [6, 6.07) is 7.96. The van der Waals surface area contributed by atoms with Crippen LogP contribution in [0, 0.1) is 0 Å². The zero-order chi connectivity index (χ0) is 17.3. The van der Waals surface area contributed by atoms with Crippen LogP contribution in [0.5, 0.6) is 0 Å². The molecule has 1 N–H and O–H groups in total. The van der Waals surface area contributed by atoms with Crippen LogP contribution in [-0.2, 0) is 17.3 Å². The van der Waals surface area contributed by atoms with Gasteiger partial charge in [0.15, 0.2) is 0 Å². The zero-order valence-corrected chi connectivity index (χ0v) is 15.4. The number of aromatic nitrogens is 1. The van der Waals surface area contributed by atoms with Gasteiger partial charge in [0.05, 0.1) is 4.75 Å². The minimum atomic E-state index is -0.877. The molecule has 24 heavy (non-hydrogen) atoms. The molecule has 5 nitrogen and oxygen atoms in total. The Kier molecular flexibility index (Phi) is 4.67. The number of hydrogen-bond donors (Lipinski definition) is 1. The molecule has 0 bridgehead atoms. The van der Waals surface area contributed by atoms with E-state index in [1.165, 1.54) is 5.52 Å². The quantitative estimate of drug-likeness (QED) is 0.925. The fourth-order valence-electron chi connectivity index (χ4n) is 3.17. The average Bonchev–Trinajstić information content (AvgIpc) is 2.93. The van der Waals surface area contributed by atoms with Crippen molar-refractivity contribution in [3.63, 3.8) is 0 Å². The molecular weight excluding hydrogens is 322 g/mol. The topological polar surface area (TPSA) is 54.3 Å². The van der Waals surface area contributed by atoms with Crippen LogP contribution in [-0.4, -0.2) is 43.3 Å². The van der Waals surface area contributed by atoms with Gasteiger partial charge >= 0.3 is 6.03 Å². The highest BCUT2D eigenvalue weighted by molar-refractivity contribution is 7.86. The molecule has 0 radical (unpaired) electrons. The molecule has 2 aromatic rings. The molecule has 2 heterocycles. The maximum Gasteiger partial charge on any atom is 0.321 e. The summed E-state index contributed by atoms with van der Waals surface area (Å²) < 4.78 is 13.9. The van der Waals surface area contributed by atoms with Gasteiger partial charge in [-0.15, -0.1) is 0 Å². The lowest BCUT2D eigenvalue weighted by Crippen LogP contribution is -2.53. The smallest absolute Gasteiger partial charge is 0.321 e. The SMILES string of the molecule is CCCn1ccc2cc(NC(=O)N3CC[S@](=O)C(C)(C)C3)ccc21. The van der Waals surface area contributed by atoms with E-state index in [-0.39, 0.29) is 10.8 Å². The Labute approximate surface area is 145 Å². The van der Waals surface area contributed by atoms with Crippen molar-refractivity contribution in [2.45, 2.75) is 38.5 Å². The number of rotatable bonds is 3. The normalized spacial score (nSPS) is 20.3. The number of hydrogen-bond acceptors (Lipinski definition) is 2. The van der Waals surface area contributed by atoms with Crippen molar-refractivity contribution < 1.29 is 9.00 Å². The maximum absolute atomic E-state index is 12.5. The zero-order valence-electron chi connectivity index (χ0n) is 14.5. The van der Waals surface area contributed by atoms with Gasteiger partial charge in [-0.3, -0.25) is 4.21 Å². The van der Waals surface area contributed by atoms with Crippen LogP contribution in [0.3, 0.4) is 0 Å². The molecular formula is C18H25N3O2S. The molecule has 0 saturated carbocycles. The highest BCUT2D eigenvalue weighted by atomic mass is 32.2. The van der Waals surface area contributed by atoms with Crippen molar-refractivity contribution in [1.29, 1.82) is 0 Å². The number of aryl methyl sites for hydroxylation is 1. The summed E-state index contributed by atoms with van der Waals surface area (Å²) in [5.74, 6) is 0.541. The lowest BCUT2D eigenvalue weighted by Gasteiger charge is -2.37. The van der Waals surface area contributed by atoms with Crippen molar-refractivity contribution in [1.82, 2.24) is 9.47 Å². The summed E-state index contributed by atoms with van der Waals surface area (Å²) in [6.07, 6.45) is 3.18. The van der Waals surface area contributed by atoms with E-state index < -0.39 is 10.8 Å². The van der Waals surface area contributed by atoms with Gasteiger partial charge < -0.3 is 14.8 Å². The second kappa shape index (κ2) is 6.59. The Hall–Kier alpha value is -1.82. The first-order valence-corrected chi connectivity index (χ1v) is 9.76. The van der Waals surface area contributed by atoms with Gasteiger partial charge in [0, 0.05) is 59.0 Å². The third-order valence-corrected chi connectivity index (χ3v) is 6.42. The highest BCUT2D eigenvalue weighted by Crippen LogP contribution is 2.23. The minimum Gasteiger partial charge on any atom is -0.347 e. The number of benzene rings is 1. The molecule has 1 aliphatic rings. The third-order valence-electron chi connectivity index (χ3n) is 4.51. The van der Waals surface area contributed by atoms with E-state index in [0.29, 0.717) is 18.8 Å². The summed E-state index contributed by atoms with van der Waals surface area (Å²) >= 11 is 0. The van der Waals surface area contributed by atoms with Gasteiger partial charge in [-0.25, -0.2) is 4.79 Å². The lowest BCUT2D eigenvalue weighted by molar-refractivity contribution is 0.207. The Balaban J connectivity index is 1.72. The standard InChI is InChI=1S/C18H25N3O2S/c1-4-8-20-9-7-14-12-15(5-6-16(14)20)19-17(22)21-10-11-24(23)18(2,3)13-21/h5-7,9,12H,4,8,10-11,13H2,1-3H3,(H,19,22)/t24-/m0/s1. The van der Waals surface area contributed by atoms with Gasteiger partial charge in [0.25, 0.3) is 0 Å². The fraction of sp³-hybridized carbons (Fsp3) is 0.500. The molecule has 3 rings (SSSR count). The summed E-state index contributed by atoms with van der Waals surface area (Å²) in [4.78, 5) is 14.3. The number of carbonyl (C=O) groups is 1. The average molecular weight is 347 g/mol. The first kappa shape index (κ1) is 17.0. The van der Waals surface area contributed by atoms with E-state index in [1.54, 1.807) is 4.90 Å². The molecule has 1 fully saturated rings. The number of anilines is 1. The lowest BCUT2D eigenvalue weighted by atomic mass is 10.2. The molecule has 6 heteroatoms. The van der Waals surface area contributed by atoms with Crippen molar-refractivity contribution in [2.24, 2.45) is 0 Å². The van der Waals surface area contributed by atoms with Crippen LogP contribution in [0.2, 0.25) is 0 Å². The van der Waals surface area contributed by atoms with Crippen molar-refractivity contribution >= 4 is 33.4 Å². The van der Waals surface area contributed by atoms with E-state index in [4.69, 9.17) is 0 Å². The number of fused-ring (bicyclic) bond motifs is 1. The van der Waals surface area contributed by atoms with Crippen molar-refractivity contribution in [2.75, 3.05) is 24.2 Å². The van der Waals surface area contributed by atoms with Gasteiger partial charge in [-0.2, -0.15) is 0 Å². The molecule has 1 aliphatic heterocycles. The molecule has 2 amide bonds. The van der Waals surface area contributed by atoms with E-state index >= 15 is 0 Å². The van der Waals surface area contributed by atoms with Crippen LogP contribution in [0.15, 0.2) is 30.5 Å². The van der Waals surface area contributed by atoms with Gasteiger partial charge in [0.2, 0.25) is 0 Å². The number of nitrogens with zero attached hydrogens (tertiary/aromatic N) is 2. The van der Waals surface area contributed by atoms with Crippen LogP contribution in [0.4, 0.5) is 10.5 Å². The third kappa shape index (κ3) is 3.34. The predicted octanol–water partition coefficient (Wildman–Crippen LogP) is 3.43. The van der Waals surface area contributed by atoms with Crippen molar-refractivity contribution in [3.05, 3.63) is 30.5 Å². The second-order valence-electron chi connectivity index (χ2n) is 6.94. The van der Waals surface area contributed by atoms with Crippen LogP contribution >= 0.6 is 0 Å². The van der Waals surface area contributed by atoms with E-state index in [9.17, 15) is 9.00 Å². The molecule has 1 atom stereocenters. The van der Waals surface area contributed by atoms with Gasteiger partial charge in [-0.1, -0.05) is 6.92 Å². The molecule has 1 saturated heterocycles. The van der Waals surface area contributed by atoms with Gasteiger partial charge in [0.1, 0.15) is 0 Å². The van der Waals surface area contributed by atoms with Gasteiger partial charge in [-0.05, 0) is 44.5 Å². The maximum atomic E-state index is 12.5. The predicted molar refractivity (Wildman–Crippen MR) is 99.9 cm³/mol. The number of carbonyl (C=O) groups excluding carboxylic acids is 1. The van der Waals surface area contributed by atoms with Crippen LogP contribution in [0.1, 0.15) is 27.2 Å². The Bertz CT molecular complexity index is 782. The summed E-state index contributed by atoms with van der Waals surface area (Å²) in [7, 11) is -0.877. The molecule has 0 aliphatic carbocycles. The summed E-state index contributed by atoms with van der Waals surface area (Å²) in [6.45, 7) is 8.11. The van der Waals surface area contributed by atoms with Crippen LogP contribution < -0.4 is 5.32 Å². The molecule has 1 aromatic carbocycles. The monoisotopic (exact) mass is 347 g/mol. The second-order valence-corrected chi connectivity index (χ2v) is 9.15. The van der Waals surface area contributed by atoms with Crippen molar-refractivity contribution in [3.8, 4) is 0 Å². The van der Waals surface area contributed by atoms with E-state index in [0.717, 1.165) is 24.0 Å². The molecule has 130 valence electrons. The Morgan fingerprint density at radius 1 is 1.33 bits per heavy atom. The number of nitrogens with one attached hydrogen (secondary N) is 1.